The van der Waals surface area contributed by atoms with E-state index in [0.717, 1.165) is 10.9 Å². The van der Waals surface area contributed by atoms with Gasteiger partial charge in [0.05, 0.1) is 5.69 Å². The molecule has 0 amide bonds. The lowest BCUT2D eigenvalue weighted by Gasteiger charge is -2.13. The van der Waals surface area contributed by atoms with Gasteiger partial charge in [0.1, 0.15) is 5.82 Å². The Hall–Kier alpha value is -0.570. The van der Waals surface area contributed by atoms with Gasteiger partial charge in [0.15, 0.2) is 0 Å². The molecule has 0 fully saturated rings. The van der Waals surface area contributed by atoms with Crippen molar-refractivity contribution in [2.24, 2.45) is 0 Å². The fourth-order valence-electron chi connectivity index (χ4n) is 0.976. The smallest absolute Gasteiger partial charge is 0.146 e. The number of hydrogen-bond donors (Lipinski definition) is 1. The first-order valence-corrected chi connectivity index (χ1v) is 5.14. The van der Waals surface area contributed by atoms with E-state index in [-0.39, 0.29) is 5.82 Å². The van der Waals surface area contributed by atoms with Crippen LogP contribution in [0.25, 0.3) is 0 Å². The molecule has 1 unspecified atom stereocenters. The van der Waals surface area contributed by atoms with Crippen molar-refractivity contribution < 1.29 is 4.39 Å². The Morgan fingerprint density at radius 1 is 1.54 bits per heavy atom. The minimum atomic E-state index is -0.205. The third-order valence-corrected chi connectivity index (χ3v) is 2.44. The van der Waals surface area contributed by atoms with Crippen LogP contribution in [0.4, 0.5) is 10.1 Å². The van der Waals surface area contributed by atoms with E-state index >= 15 is 0 Å². The molecular formula is C10H13BrFN. The largest absolute Gasteiger partial charge is 0.380 e. The molecule has 0 bridgehead atoms. The summed E-state index contributed by atoms with van der Waals surface area (Å²) in [6, 6.07) is 5.19. The van der Waals surface area contributed by atoms with Crippen molar-refractivity contribution in [2.45, 2.75) is 26.3 Å². The highest BCUT2D eigenvalue weighted by Gasteiger charge is 2.04. The second kappa shape index (κ2) is 4.61. The molecule has 1 aromatic carbocycles. The first-order chi connectivity index (χ1) is 6.13. The van der Waals surface area contributed by atoms with Gasteiger partial charge >= 0.3 is 0 Å². The zero-order valence-corrected chi connectivity index (χ0v) is 9.36. The SMILES string of the molecule is CCC(C)Nc1cc(Br)ccc1F. The molecule has 72 valence electrons. The van der Waals surface area contributed by atoms with E-state index in [2.05, 4.69) is 28.2 Å². The monoisotopic (exact) mass is 245 g/mol. The second-order valence-electron chi connectivity index (χ2n) is 3.08. The van der Waals surface area contributed by atoms with E-state index in [1.54, 1.807) is 12.1 Å². The molecule has 0 radical (unpaired) electrons. The summed E-state index contributed by atoms with van der Waals surface area (Å²) >= 11 is 3.30. The Morgan fingerprint density at radius 3 is 2.85 bits per heavy atom. The Bertz CT molecular complexity index is 288. The van der Waals surface area contributed by atoms with Gasteiger partial charge in [0, 0.05) is 10.5 Å². The van der Waals surface area contributed by atoms with Crippen LogP contribution in [0.5, 0.6) is 0 Å². The van der Waals surface area contributed by atoms with Gasteiger partial charge in [-0.15, -0.1) is 0 Å². The predicted molar refractivity (Wildman–Crippen MR) is 57.5 cm³/mol. The van der Waals surface area contributed by atoms with Crippen molar-refractivity contribution in [2.75, 3.05) is 5.32 Å². The predicted octanol–water partition coefficient (Wildman–Crippen LogP) is 3.80. The van der Waals surface area contributed by atoms with E-state index in [0.29, 0.717) is 11.7 Å². The fraction of sp³-hybridized carbons (Fsp3) is 0.400. The van der Waals surface area contributed by atoms with Gasteiger partial charge in [-0.05, 0) is 31.5 Å². The first-order valence-electron chi connectivity index (χ1n) is 4.35. The normalized spacial score (nSPS) is 12.6. The molecule has 1 atom stereocenters. The molecule has 0 aliphatic heterocycles. The lowest BCUT2D eigenvalue weighted by molar-refractivity contribution is 0.624. The van der Waals surface area contributed by atoms with Gasteiger partial charge in [0.2, 0.25) is 0 Å². The van der Waals surface area contributed by atoms with Crippen molar-refractivity contribution in [3.63, 3.8) is 0 Å². The summed E-state index contributed by atoms with van der Waals surface area (Å²) in [6.07, 6.45) is 0.978. The highest BCUT2D eigenvalue weighted by molar-refractivity contribution is 9.10. The van der Waals surface area contributed by atoms with Gasteiger partial charge in [-0.25, -0.2) is 4.39 Å². The molecule has 0 aliphatic carbocycles. The number of benzene rings is 1. The summed E-state index contributed by atoms with van der Waals surface area (Å²) in [5.41, 5.74) is 0.559. The molecule has 1 aromatic rings. The Morgan fingerprint density at radius 2 is 2.23 bits per heavy atom. The molecular weight excluding hydrogens is 233 g/mol. The quantitative estimate of drug-likeness (QED) is 0.855. The van der Waals surface area contributed by atoms with Crippen LogP contribution in [0.3, 0.4) is 0 Å². The van der Waals surface area contributed by atoms with E-state index in [1.165, 1.54) is 6.07 Å². The van der Waals surface area contributed by atoms with Crippen molar-refractivity contribution in [1.29, 1.82) is 0 Å². The third-order valence-electron chi connectivity index (χ3n) is 1.94. The van der Waals surface area contributed by atoms with E-state index in [4.69, 9.17) is 0 Å². The van der Waals surface area contributed by atoms with Gasteiger partial charge in [-0.2, -0.15) is 0 Å². The van der Waals surface area contributed by atoms with Crippen LogP contribution in [0, 0.1) is 5.82 Å². The molecule has 0 aliphatic rings. The summed E-state index contributed by atoms with van der Waals surface area (Å²) in [6.45, 7) is 4.09. The number of nitrogens with one attached hydrogen (secondary N) is 1. The highest BCUT2D eigenvalue weighted by atomic mass is 79.9. The lowest BCUT2D eigenvalue weighted by atomic mass is 10.2. The lowest BCUT2D eigenvalue weighted by Crippen LogP contribution is -2.14. The standard InChI is InChI=1S/C10H13BrFN/c1-3-7(2)13-10-6-8(11)4-5-9(10)12/h4-7,13H,3H2,1-2H3. The van der Waals surface area contributed by atoms with Crippen LogP contribution >= 0.6 is 15.9 Å². The van der Waals surface area contributed by atoms with E-state index in [1.807, 2.05) is 6.92 Å². The van der Waals surface area contributed by atoms with Gasteiger partial charge in [-0.3, -0.25) is 0 Å². The van der Waals surface area contributed by atoms with Crippen molar-refractivity contribution in [1.82, 2.24) is 0 Å². The summed E-state index contributed by atoms with van der Waals surface area (Å²) in [5, 5.41) is 3.10. The zero-order valence-electron chi connectivity index (χ0n) is 7.77. The summed E-state index contributed by atoms with van der Waals surface area (Å²) in [7, 11) is 0. The molecule has 13 heavy (non-hydrogen) atoms. The third kappa shape index (κ3) is 2.99. The molecule has 1 rings (SSSR count). The van der Waals surface area contributed by atoms with E-state index < -0.39 is 0 Å². The van der Waals surface area contributed by atoms with Gasteiger partial charge in [0.25, 0.3) is 0 Å². The first kappa shape index (κ1) is 10.5. The minimum Gasteiger partial charge on any atom is -0.380 e. The van der Waals surface area contributed by atoms with Crippen LogP contribution in [-0.2, 0) is 0 Å². The van der Waals surface area contributed by atoms with Crippen LogP contribution in [0.15, 0.2) is 22.7 Å². The number of rotatable bonds is 3. The Kier molecular flexibility index (Phi) is 3.72. The maximum atomic E-state index is 13.2. The average Bonchev–Trinajstić information content (AvgIpc) is 2.11. The van der Waals surface area contributed by atoms with Crippen LogP contribution in [0.1, 0.15) is 20.3 Å². The molecule has 3 heteroatoms. The van der Waals surface area contributed by atoms with Crippen molar-refractivity contribution in [3.05, 3.63) is 28.5 Å². The van der Waals surface area contributed by atoms with Gasteiger partial charge < -0.3 is 5.32 Å². The van der Waals surface area contributed by atoms with Crippen LogP contribution in [-0.4, -0.2) is 6.04 Å². The van der Waals surface area contributed by atoms with Crippen molar-refractivity contribution >= 4 is 21.6 Å². The maximum Gasteiger partial charge on any atom is 0.146 e. The Balaban J connectivity index is 2.81. The zero-order chi connectivity index (χ0) is 9.84. The summed E-state index contributed by atoms with van der Waals surface area (Å²) in [4.78, 5) is 0. The number of hydrogen-bond acceptors (Lipinski definition) is 1. The average molecular weight is 246 g/mol. The highest BCUT2D eigenvalue weighted by Crippen LogP contribution is 2.20. The molecule has 0 saturated heterocycles. The molecule has 1 N–H and O–H groups in total. The molecule has 0 heterocycles. The maximum absolute atomic E-state index is 13.2. The molecule has 1 nitrogen and oxygen atoms in total. The number of halogens is 2. The fourth-order valence-corrected chi connectivity index (χ4v) is 1.34. The van der Waals surface area contributed by atoms with Crippen LogP contribution < -0.4 is 5.32 Å². The molecule has 0 saturated carbocycles. The number of anilines is 1. The minimum absolute atomic E-state index is 0.205. The van der Waals surface area contributed by atoms with Crippen LogP contribution in [0.2, 0.25) is 0 Å². The Labute approximate surface area is 86.5 Å². The van der Waals surface area contributed by atoms with E-state index in [9.17, 15) is 4.39 Å². The van der Waals surface area contributed by atoms with Crippen molar-refractivity contribution in [3.8, 4) is 0 Å². The summed E-state index contributed by atoms with van der Waals surface area (Å²) in [5.74, 6) is -0.205. The molecule has 0 spiro atoms. The van der Waals surface area contributed by atoms with Gasteiger partial charge in [-0.1, -0.05) is 22.9 Å². The second-order valence-corrected chi connectivity index (χ2v) is 3.99. The topological polar surface area (TPSA) is 12.0 Å². The summed E-state index contributed by atoms with van der Waals surface area (Å²) < 4.78 is 14.1. The molecule has 0 aromatic heterocycles.